The summed E-state index contributed by atoms with van der Waals surface area (Å²) >= 11 is 5.98. The number of benzene rings is 2. The maximum Gasteiger partial charge on any atom is 0.226 e. The van der Waals surface area contributed by atoms with Gasteiger partial charge in [-0.3, -0.25) is 9.89 Å². The summed E-state index contributed by atoms with van der Waals surface area (Å²) in [5.41, 5.74) is 4.06. The molecule has 2 aromatic carbocycles. The molecule has 0 spiro atoms. The van der Waals surface area contributed by atoms with E-state index in [0.29, 0.717) is 17.3 Å². The Morgan fingerprint density at radius 1 is 1.04 bits per heavy atom. The third-order valence-electron chi connectivity index (χ3n) is 4.13. The van der Waals surface area contributed by atoms with Gasteiger partial charge in [0, 0.05) is 28.5 Å². The molecule has 23 heavy (non-hydrogen) atoms. The first-order chi connectivity index (χ1) is 11.2. The molecule has 0 fully saturated rings. The first-order valence-corrected chi connectivity index (χ1v) is 7.79. The number of amides is 1. The summed E-state index contributed by atoms with van der Waals surface area (Å²) in [5, 5.41) is 10.9. The number of aromatic nitrogens is 2. The Morgan fingerprint density at radius 2 is 1.78 bits per heavy atom. The highest BCUT2D eigenvalue weighted by molar-refractivity contribution is 6.30. The molecule has 0 saturated carbocycles. The number of carbonyl (C=O) groups excluding carboxylic acids is 1. The van der Waals surface area contributed by atoms with Crippen LogP contribution in [-0.2, 0) is 4.79 Å². The van der Waals surface area contributed by atoms with E-state index in [1.807, 2.05) is 54.6 Å². The molecule has 1 aliphatic heterocycles. The van der Waals surface area contributed by atoms with E-state index in [0.717, 1.165) is 22.4 Å². The van der Waals surface area contributed by atoms with Crippen molar-refractivity contribution in [1.82, 2.24) is 10.2 Å². The van der Waals surface area contributed by atoms with Crippen LogP contribution in [0.3, 0.4) is 0 Å². The largest absolute Gasteiger partial charge is 0.309 e. The number of rotatable bonds is 2. The number of nitrogens with zero attached hydrogens (tertiary/aromatic N) is 1. The highest BCUT2D eigenvalue weighted by Crippen LogP contribution is 2.41. The van der Waals surface area contributed by atoms with Gasteiger partial charge in [0.2, 0.25) is 5.91 Å². The lowest BCUT2D eigenvalue weighted by atomic mass is 9.84. The van der Waals surface area contributed by atoms with Crippen molar-refractivity contribution in [2.45, 2.75) is 12.3 Å². The fraction of sp³-hybridized carbons (Fsp3) is 0.111. The van der Waals surface area contributed by atoms with Crippen LogP contribution in [0.4, 0.5) is 5.82 Å². The summed E-state index contributed by atoms with van der Waals surface area (Å²) in [7, 11) is 0. The van der Waals surface area contributed by atoms with Crippen LogP contribution in [0.1, 0.15) is 23.5 Å². The molecule has 4 rings (SSSR count). The van der Waals surface area contributed by atoms with Gasteiger partial charge in [0.05, 0.1) is 5.69 Å². The summed E-state index contributed by atoms with van der Waals surface area (Å²) in [6.07, 6.45) is 0.414. The lowest BCUT2D eigenvalue weighted by Crippen LogP contribution is -2.23. The zero-order valence-corrected chi connectivity index (χ0v) is 13.0. The summed E-state index contributed by atoms with van der Waals surface area (Å²) in [6.45, 7) is 0. The van der Waals surface area contributed by atoms with E-state index in [2.05, 4.69) is 15.5 Å². The molecule has 2 heterocycles. The van der Waals surface area contributed by atoms with Crippen molar-refractivity contribution in [3.63, 3.8) is 0 Å². The smallest absolute Gasteiger partial charge is 0.226 e. The molecule has 1 aromatic heterocycles. The van der Waals surface area contributed by atoms with Crippen molar-refractivity contribution in [2.75, 3.05) is 5.32 Å². The second kappa shape index (κ2) is 5.56. The van der Waals surface area contributed by atoms with Crippen molar-refractivity contribution >= 4 is 23.3 Å². The quantitative estimate of drug-likeness (QED) is 0.742. The zero-order chi connectivity index (χ0) is 15.8. The first-order valence-electron chi connectivity index (χ1n) is 7.41. The molecule has 1 atom stereocenters. The lowest BCUT2D eigenvalue weighted by molar-refractivity contribution is -0.116. The number of anilines is 1. The molecule has 4 nitrogen and oxygen atoms in total. The standard InChI is InChI=1S/C18H14ClN3O/c19-13-8-6-12(7-9-13)17-16-14(11-4-2-1-3-5-11)10-15(23)20-18(16)22-21-17/h1-9,14H,10H2,(H2,20,21,22,23)/t14-/m0/s1. The van der Waals surface area contributed by atoms with Gasteiger partial charge in [0.15, 0.2) is 5.82 Å². The second-order valence-electron chi connectivity index (χ2n) is 5.58. The number of nitrogens with one attached hydrogen (secondary N) is 2. The second-order valence-corrected chi connectivity index (χ2v) is 6.02. The minimum Gasteiger partial charge on any atom is -0.309 e. The van der Waals surface area contributed by atoms with E-state index in [9.17, 15) is 4.79 Å². The number of halogens is 1. The Morgan fingerprint density at radius 3 is 2.52 bits per heavy atom. The zero-order valence-electron chi connectivity index (χ0n) is 12.2. The predicted octanol–water partition coefficient (Wildman–Crippen LogP) is 4.20. The van der Waals surface area contributed by atoms with Gasteiger partial charge < -0.3 is 5.32 Å². The van der Waals surface area contributed by atoms with E-state index in [1.165, 1.54) is 0 Å². The van der Waals surface area contributed by atoms with E-state index < -0.39 is 0 Å². The molecule has 0 saturated heterocycles. The van der Waals surface area contributed by atoms with E-state index in [-0.39, 0.29) is 11.8 Å². The van der Waals surface area contributed by atoms with Gasteiger partial charge in [0.1, 0.15) is 0 Å². The van der Waals surface area contributed by atoms with Crippen molar-refractivity contribution in [3.8, 4) is 11.3 Å². The number of H-pyrrole nitrogens is 1. The minimum absolute atomic E-state index is 0.00984. The van der Waals surface area contributed by atoms with Gasteiger partial charge in [-0.15, -0.1) is 0 Å². The molecule has 0 radical (unpaired) electrons. The third kappa shape index (κ3) is 2.51. The Labute approximate surface area is 138 Å². The Kier molecular flexibility index (Phi) is 3.39. The van der Waals surface area contributed by atoms with Crippen LogP contribution in [0.2, 0.25) is 5.02 Å². The topological polar surface area (TPSA) is 57.8 Å². The molecular formula is C18H14ClN3O. The number of carbonyl (C=O) groups is 1. The highest BCUT2D eigenvalue weighted by Gasteiger charge is 2.31. The van der Waals surface area contributed by atoms with Gasteiger partial charge in [-0.2, -0.15) is 5.10 Å². The van der Waals surface area contributed by atoms with Crippen LogP contribution in [0.5, 0.6) is 0 Å². The normalized spacial score (nSPS) is 16.7. The van der Waals surface area contributed by atoms with Crippen molar-refractivity contribution in [2.24, 2.45) is 0 Å². The van der Waals surface area contributed by atoms with Crippen LogP contribution in [0.15, 0.2) is 54.6 Å². The van der Waals surface area contributed by atoms with Crippen molar-refractivity contribution in [1.29, 1.82) is 0 Å². The molecular weight excluding hydrogens is 310 g/mol. The maximum atomic E-state index is 12.0. The van der Waals surface area contributed by atoms with Crippen LogP contribution < -0.4 is 5.32 Å². The fourth-order valence-corrected chi connectivity index (χ4v) is 3.19. The minimum atomic E-state index is -0.0134. The molecule has 3 aromatic rings. The van der Waals surface area contributed by atoms with E-state index >= 15 is 0 Å². The summed E-state index contributed by atoms with van der Waals surface area (Å²) < 4.78 is 0. The number of hydrogen-bond acceptors (Lipinski definition) is 2. The van der Waals surface area contributed by atoms with Gasteiger partial charge in [-0.25, -0.2) is 0 Å². The molecule has 0 aliphatic carbocycles. The van der Waals surface area contributed by atoms with Crippen molar-refractivity contribution in [3.05, 3.63) is 70.7 Å². The molecule has 114 valence electrons. The molecule has 1 aliphatic rings. The third-order valence-corrected chi connectivity index (χ3v) is 4.39. The number of aromatic amines is 1. The van der Waals surface area contributed by atoms with Gasteiger partial charge >= 0.3 is 0 Å². The molecule has 0 bridgehead atoms. The molecule has 1 amide bonds. The van der Waals surface area contributed by atoms with Crippen LogP contribution in [0.25, 0.3) is 11.3 Å². The summed E-state index contributed by atoms with van der Waals surface area (Å²) in [4.78, 5) is 12.0. The predicted molar refractivity (Wildman–Crippen MR) is 90.6 cm³/mol. The molecule has 2 N–H and O–H groups in total. The summed E-state index contributed by atoms with van der Waals surface area (Å²) in [6, 6.07) is 17.7. The Hall–Kier alpha value is -2.59. The first kappa shape index (κ1) is 14.0. The average Bonchev–Trinajstić information content (AvgIpc) is 2.99. The van der Waals surface area contributed by atoms with Crippen LogP contribution >= 0.6 is 11.6 Å². The number of fused-ring (bicyclic) bond motifs is 1. The lowest BCUT2D eigenvalue weighted by Gasteiger charge is -2.23. The monoisotopic (exact) mass is 323 g/mol. The Balaban J connectivity index is 1.86. The van der Waals surface area contributed by atoms with Crippen LogP contribution in [-0.4, -0.2) is 16.1 Å². The van der Waals surface area contributed by atoms with Gasteiger partial charge in [-0.05, 0) is 17.7 Å². The fourth-order valence-electron chi connectivity index (χ4n) is 3.06. The van der Waals surface area contributed by atoms with E-state index in [4.69, 9.17) is 11.6 Å². The average molecular weight is 324 g/mol. The molecule has 0 unspecified atom stereocenters. The van der Waals surface area contributed by atoms with Crippen LogP contribution in [0, 0.1) is 0 Å². The Bertz CT molecular complexity index is 856. The molecule has 5 heteroatoms. The van der Waals surface area contributed by atoms with Crippen molar-refractivity contribution < 1.29 is 4.79 Å². The highest BCUT2D eigenvalue weighted by atomic mass is 35.5. The SMILES string of the molecule is O=C1C[C@@H](c2ccccc2)c2c(n[nH]c2-c2ccc(Cl)cc2)N1. The summed E-state index contributed by atoms with van der Waals surface area (Å²) in [5.74, 6) is 0.588. The van der Waals surface area contributed by atoms with E-state index in [1.54, 1.807) is 0 Å². The number of hydrogen-bond donors (Lipinski definition) is 2. The van der Waals surface area contributed by atoms with Gasteiger partial charge in [-0.1, -0.05) is 54.1 Å². The van der Waals surface area contributed by atoms with Gasteiger partial charge in [0.25, 0.3) is 0 Å². The maximum absolute atomic E-state index is 12.0.